The van der Waals surface area contributed by atoms with Gasteiger partial charge in [-0.1, -0.05) is 6.92 Å². The lowest BCUT2D eigenvalue weighted by molar-refractivity contribution is -0.151. The lowest BCUT2D eigenvalue weighted by Gasteiger charge is -1.99. The first-order chi connectivity index (χ1) is 6.20. The lowest BCUT2D eigenvalue weighted by Crippen LogP contribution is -2.11. The largest absolute Gasteiger partial charge is 0.466 e. The Labute approximate surface area is 77.5 Å². The highest BCUT2D eigenvalue weighted by Crippen LogP contribution is 1.92. The third-order valence-corrected chi connectivity index (χ3v) is 1.13. The summed E-state index contributed by atoms with van der Waals surface area (Å²) in [6, 6.07) is 0. The van der Waals surface area contributed by atoms with Gasteiger partial charge >= 0.3 is 11.9 Å². The number of hydrogen-bond donors (Lipinski definition) is 0. The van der Waals surface area contributed by atoms with Crippen molar-refractivity contribution in [3.63, 3.8) is 0 Å². The Balaban J connectivity index is 3.62. The van der Waals surface area contributed by atoms with E-state index in [1.807, 2.05) is 6.92 Å². The molecular formula is C9H14O4. The van der Waals surface area contributed by atoms with Gasteiger partial charge < -0.3 is 9.47 Å². The summed E-state index contributed by atoms with van der Waals surface area (Å²) in [7, 11) is 0. The first-order valence-corrected chi connectivity index (χ1v) is 4.20. The molecule has 0 aromatic rings. The standard InChI is InChI=1S/C9H14O4/c1-3-5-6-13-9(11)7-8(10)12-4-2/h5-6H,3-4,7H2,1-2H3/b6-5+. The minimum absolute atomic E-state index is 0.275. The van der Waals surface area contributed by atoms with E-state index in [4.69, 9.17) is 0 Å². The van der Waals surface area contributed by atoms with Crippen molar-refractivity contribution < 1.29 is 19.1 Å². The van der Waals surface area contributed by atoms with Gasteiger partial charge in [-0.25, -0.2) is 0 Å². The van der Waals surface area contributed by atoms with Gasteiger partial charge in [0.05, 0.1) is 12.9 Å². The van der Waals surface area contributed by atoms with Gasteiger partial charge in [-0.15, -0.1) is 0 Å². The quantitative estimate of drug-likeness (QED) is 0.370. The van der Waals surface area contributed by atoms with E-state index in [-0.39, 0.29) is 13.0 Å². The van der Waals surface area contributed by atoms with Gasteiger partial charge in [0.25, 0.3) is 0 Å². The third-order valence-electron chi connectivity index (χ3n) is 1.13. The fraction of sp³-hybridized carbons (Fsp3) is 0.556. The summed E-state index contributed by atoms with van der Waals surface area (Å²) in [6.07, 6.45) is 3.42. The zero-order valence-electron chi connectivity index (χ0n) is 7.91. The maximum absolute atomic E-state index is 10.8. The molecule has 0 aliphatic rings. The van der Waals surface area contributed by atoms with E-state index < -0.39 is 11.9 Å². The number of carbonyl (C=O) groups excluding carboxylic acids is 2. The Morgan fingerprint density at radius 3 is 2.46 bits per heavy atom. The van der Waals surface area contributed by atoms with E-state index in [0.29, 0.717) is 0 Å². The molecule has 0 atom stereocenters. The summed E-state index contributed by atoms with van der Waals surface area (Å²) >= 11 is 0. The summed E-state index contributed by atoms with van der Waals surface area (Å²) in [5.74, 6) is -1.15. The molecule has 0 aromatic carbocycles. The predicted molar refractivity (Wildman–Crippen MR) is 46.8 cm³/mol. The molecule has 13 heavy (non-hydrogen) atoms. The van der Waals surface area contributed by atoms with Gasteiger partial charge in [0.2, 0.25) is 0 Å². The van der Waals surface area contributed by atoms with Crippen molar-refractivity contribution in [2.75, 3.05) is 6.61 Å². The van der Waals surface area contributed by atoms with Gasteiger partial charge in [0, 0.05) is 0 Å². The first kappa shape index (κ1) is 11.7. The molecule has 0 saturated heterocycles. The van der Waals surface area contributed by atoms with Crippen LogP contribution in [-0.4, -0.2) is 18.5 Å². The minimum Gasteiger partial charge on any atom is -0.466 e. The molecule has 0 rings (SSSR count). The van der Waals surface area contributed by atoms with Crippen LogP contribution in [0.1, 0.15) is 26.7 Å². The highest BCUT2D eigenvalue weighted by atomic mass is 16.5. The number of allylic oxidation sites excluding steroid dienone is 1. The SMILES string of the molecule is CC/C=C/OC(=O)CC(=O)OCC. The number of ether oxygens (including phenoxy) is 2. The molecule has 4 heteroatoms. The predicted octanol–water partition coefficient (Wildman–Crippen LogP) is 1.41. The molecule has 0 radical (unpaired) electrons. The van der Waals surface area contributed by atoms with Crippen molar-refractivity contribution in [2.45, 2.75) is 26.7 Å². The Hall–Kier alpha value is -1.32. The third kappa shape index (κ3) is 7.05. The van der Waals surface area contributed by atoms with Crippen LogP contribution in [0.5, 0.6) is 0 Å². The van der Waals surface area contributed by atoms with E-state index in [1.54, 1.807) is 13.0 Å². The highest BCUT2D eigenvalue weighted by molar-refractivity contribution is 5.91. The molecule has 0 aliphatic heterocycles. The Morgan fingerprint density at radius 2 is 1.92 bits per heavy atom. The van der Waals surface area contributed by atoms with E-state index in [2.05, 4.69) is 9.47 Å². The Morgan fingerprint density at radius 1 is 1.23 bits per heavy atom. The topological polar surface area (TPSA) is 52.6 Å². The van der Waals surface area contributed by atoms with E-state index in [1.165, 1.54) is 6.26 Å². The Bertz CT molecular complexity index is 196. The average Bonchev–Trinajstić information content (AvgIpc) is 2.05. The van der Waals surface area contributed by atoms with Crippen molar-refractivity contribution in [3.05, 3.63) is 12.3 Å². The molecule has 0 aromatic heterocycles. The van der Waals surface area contributed by atoms with Gasteiger partial charge in [0.1, 0.15) is 6.42 Å². The molecule has 0 bridgehead atoms. The van der Waals surface area contributed by atoms with Crippen LogP contribution in [0.3, 0.4) is 0 Å². The smallest absolute Gasteiger partial charge is 0.321 e. The van der Waals surface area contributed by atoms with E-state index in [0.717, 1.165) is 6.42 Å². The zero-order valence-corrected chi connectivity index (χ0v) is 7.91. The molecule has 4 nitrogen and oxygen atoms in total. The number of esters is 2. The molecule has 0 aliphatic carbocycles. The van der Waals surface area contributed by atoms with Crippen LogP contribution in [0.25, 0.3) is 0 Å². The van der Waals surface area contributed by atoms with Gasteiger partial charge in [-0.3, -0.25) is 9.59 Å². The molecule has 0 N–H and O–H groups in total. The summed E-state index contributed by atoms with van der Waals surface area (Å²) in [5, 5.41) is 0. The summed E-state index contributed by atoms with van der Waals surface area (Å²) < 4.78 is 9.13. The van der Waals surface area contributed by atoms with Crippen LogP contribution in [0.15, 0.2) is 12.3 Å². The van der Waals surface area contributed by atoms with Crippen LogP contribution in [0, 0.1) is 0 Å². The lowest BCUT2D eigenvalue weighted by atomic mass is 10.4. The summed E-state index contributed by atoms with van der Waals surface area (Å²) in [5.41, 5.74) is 0. The summed E-state index contributed by atoms with van der Waals surface area (Å²) in [4.78, 5) is 21.6. The van der Waals surface area contributed by atoms with Crippen molar-refractivity contribution in [3.8, 4) is 0 Å². The van der Waals surface area contributed by atoms with Crippen molar-refractivity contribution in [1.29, 1.82) is 0 Å². The van der Waals surface area contributed by atoms with Crippen molar-refractivity contribution in [2.24, 2.45) is 0 Å². The first-order valence-electron chi connectivity index (χ1n) is 4.20. The number of carbonyl (C=O) groups is 2. The van der Waals surface area contributed by atoms with Gasteiger partial charge in [0.15, 0.2) is 0 Å². The van der Waals surface area contributed by atoms with Crippen LogP contribution in [-0.2, 0) is 19.1 Å². The van der Waals surface area contributed by atoms with Crippen LogP contribution in [0.4, 0.5) is 0 Å². The van der Waals surface area contributed by atoms with E-state index >= 15 is 0 Å². The maximum atomic E-state index is 10.8. The monoisotopic (exact) mass is 186 g/mol. The highest BCUT2D eigenvalue weighted by Gasteiger charge is 2.09. The minimum atomic E-state index is -0.594. The molecule has 0 heterocycles. The van der Waals surface area contributed by atoms with Crippen LogP contribution >= 0.6 is 0 Å². The normalized spacial score (nSPS) is 10.0. The van der Waals surface area contributed by atoms with Crippen molar-refractivity contribution >= 4 is 11.9 Å². The Kier molecular flexibility index (Phi) is 6.59. The van der Waals surface area contributed by atoms with Gasteiger partial charge in [-0.2, -0.15) is 0 Å². The molecule has 0 saturated carbocycles. The molecular weight excluding hydrogens is 172 g/mol. The second kappa shape index (κ2) is 7.34. The molecule has 0 fully saturated rings. The van der Waals surface area contributed by atoms with Crippen molar-refractivity contribution in [1.82, 2.24) is 0 Å². The van der Waals surface area contributed by atoms with Crippen LogP contribution < -0.4 is 0 Å². The molecule has 0 unspecified atom stereocenters. The fourth-order valence-electron chi connectivity index (χ4n) is 0.592. The maximum Gasteiger partial charge on any atom is 0.321 e. The molecule has 0 amide bonds. The fourth-order valence-corrected chi connectivity index (χ4v) is 0.592. The molecule has 74 valence electrons. The second-order valence-corrected chi connectivity index (χ2v) is 2.25. The molecule has 0 spiro atoms. The number of hydrogen-bond acceptors (Lipinski definition) is 4. The van der Waals surface area contributed by atoms with Crippen LogP contribution in [0.2, 0.25) is 0 Å². The average molecular weight is 186 g/mol. The van der Waals surface area contributed by atoms with Gasteiger partial charge in [-0.05, 0) is 19.4 Å². The summed E-state index contributed by atoms with van der Waals surface area (Å²) in [6.45, 7) is 3.87. The van der Waals surface area contributed by atoms with E-state index in [9.17, 15) is 9.59 Å². The number of rotatable bonds is 5. The zero-order chi connectivity index (χ0) is 10.1. The second-order valence-electron chi connectivity index (χ2n) is 2.25.